The SMILES string of the molecule is CCc1ccccc1OCCC1CCNCC1. The van der Waals surface area contributed by atoms with E-state index in [1.54, 1.807) is 0 Å². The molecule has 94 valence electrons. The highest BCUT2D eigenvalue weighted by molar-refractivity contribution is 5.33. The Morgan fingerprint density at radius 3 is 2.76 bits per heavy atom. The lowest BCUT2D eigenvalue weighted by Gasteiger charge is -2.22. The zero-order chi connectivity index (χ0) is 11.9. The monoisotopic (exact) mass is 233 g/mol. The Morgan fingerprint density at radius 2 is 2.00 bits per heavy atom. The van der Waals surface area contributed by atoms with Gasteiger partial charge in [0.25, 0.3) is 0 Å². The summed E-state index contributed by atoms with van der Waals surface area (Å²) in [5.41, 5.74) is 1.32. The first kappa shape index (κ1) is 12.4. The third-order valence-electron chi connectivity index (χ3n) is 3.60. The van der Waals surface area contributed by atoms with Gasteiger partial charge in [-0.3, -0.25) is 0 Å². The summed E-state index contributed by atoms with van der Waals surface area (Å²) in [6, 6.07) is 8.37. The van der Waals surface area contributed by atoms with Crippen molar-refractivity contribution in [1.82, 2.24) is 5.32 Å². The van der Waals surface area contributed by atoms with Gasteiger partial charge < -0.3 is 10.1 Å². The number of para-hydroxylation sites is 1. The smallest absolute Gasteiger partial charge is 0.122 e. The Balaban J connectivity index is 1.77. The number of hydrogen-bond acceptors (Lipinski definition) is 2. The minimum atomic E-state index is 0.852. The topological polar surface area (TPSA) is 21.3 Å². The summed E-state index contributed by atoms with van der Waals surface area (Å²) in [6.45, 7) is 5.39. The van der Waals surface area contributed by atoms with Crippen LogP contribution in [0.3, 0.4) is 0 Å². The quantitative estimate of drug-likeness (QED) is 0.844. The lowest BCUT2D eigenvalue weighted by atomic mass is 9.95. The molecule has 0 bridgehead atoms. The van der Waals surface area contributed by atoms with E-state index < -0.39 is 0 Å². The molecule has 1 aliphatic heterocycles. The van der Waals surface area contributed by atoms with E-state index in [2.05, 4.69) is 36.5 Å². The predicted molar refractivity (Wildman–Crippen MR) is 71.5 cm³/mol. The fourth-order valence-electron chi connectivity index (χ4n) is 2.44. The molecule has 2 rings (SSSR count). The van der Waals surface area contributed by atoms with E-state index in [0.717, 1.165) is 24.7 Å². The van der Waals surface area contributed by atoms with Crippen LogP contribution >= 0.6 is 0 Å². The summed E-state index contributed by atoms with van der Waals surface area (Å²) in [7, 11) is 0. The van der Waals surface area contributed by atoms with E-state index in [-0.39, 0.29) is 0 Å². The molecule has 1 fully saturated rings. The number of nitrogens with one attached hydrogen (secondary N) is 1. The molecule has 2 heteroatoms. The van der Waals surface area contributed by atoms with Gasteiger partial charge in [0, 0.05) is 0 Å². The first-order valence-corrected chi connectivity index (χ1v) is 6.81. The number of aryl methyl sites for hydroxylation is 1. The highest BCUT2D eigenvalue weighted by Crippen LogP contribution is 2.20. The Morgan fingerprint density at radius 1 is 1.24 bits per heavy atom. The van der Waals surface area contributed by atoms with Gasteiger partial charge in [-0.15, -0.1) is 0 Å². The van der Waals surface area contributed by atoms with Gasteiger partial charge >= 0.3 is 0 Å². The minimum Gasteiger partial charge on any atom is -0.493 e. The number of piperidine rings is 1. The van der Waals surface area contributed by atoms with E-state index >= 15 is 0 Å². The van der Waals surface area contributed by atoms with Crippen LogP contribution in [0, 0.1) is 5.92 Å². The molecule has 1 heterocycles. The maximum atomic E-state index is 5.91. The first-order chi connectivity index (χ1) is 8.40. The summed E-state index contributed by atoms with van der Waals surface area (Å²) < 4.78 is 5.91. The molecule has 0 radical (unpaired) electrons. The van der Waals surface area contributed by atoms with Crippen LogP contribution in [-0.2, 0) is 6.42 Å². The molecular weight excluding hydrogens is 210 g/mol. The van der Waals surface area contributed by atoms with Crippen molar-refractivity contribution in [3.8, 4) is 5.75 Å². The maximum Gasteiger partial charge on any atom is 0.122 e. The van der Waals surface area contributed by atoms with Crippen LogP contribution in [0.4, 0.5) is 0 Å². The molecule has 1 aliphatic rings. The molecule has 0 aliphatic carbocycles. The molecule has 0 saturated carbocycles. The van der Waals surface area contributed by atoms with Crippen LogP contribution in [0.5, 0.6) is 5.75 Å². The van der Waals surface area contributed by atoms with Gasteiger partial charge in [0.15, 0.2) is 0 Å². The summed E-state index contributed by atoms with van der Waals surface area (Å²) in [5.74, 6) is 1.92. The maximum absolute atomic E-state index is 5.91. The largest absolute Gasteiger partial charge is 0.493 e. The van der Waals surface area contributed by atoms with Gasteiger partial charge in [0.05, 0.1) is 6.61 Å². The van der Waals surface area contributed by atoms with Crippen molar-refractivity contribution >= 4 is 0 Å². The average molecular weight is 233 g/mol. The zero-order valence-electron chi connectivity index (χ0n) is 10.7. The van der Waals surface area contributed by atoms with Gasteiger partial charge in [-0.1, -0.05) is 25.1 Å². The van der Waals surface area contributed by atoms with Crippen LogP contribution in [0.25, 0.3) is 0 Å². The summed E-state index contributed by atoms with van der Waals surface area (Å²) in [5, 5.41) is 3.40. The van der Waals surface area contributed by atoms with Crippen LogP contribution in [-0.4, -0.2) is 19.7 Å². The summed E-state index contributed by atoms with van der Waals surface area (Å²) in [4.78, 5) is 0. The van der Waals surface area contributed by atoms with Crippen LogP contribution in [0.2, 0.25) is 0 Å². The normalized spacial score (nSPS) is 17.0. The van der Waals surface area contributed by atoms with Crippen molar-refractivity contribution in [3.63, 3.8) is 0 Å². The van der Waals surface area contributed by atoms with Crippen LogP contribution in [0.15, 0.2) is 24.3 Å². The average Bonchev–Trinajstić information content (AvgIpc) is 2.40. The molecule has 17 heavy (non-hydrogen) atoms. The van der Waals surface area contributed by atoms with Crippen molar-refractivity contribution in [2.75, 3.05) is 19.7 Å². The summed E-state index contributed by atoms with van der Waals surface area (Å²) >= 11 is 0. The second-order valence-electron chi connectivity index (χ2n) is 4.79. The van der Waals surface area contributed by atoms with E-state index in [4.69, 9.17) is 4.74 Å². The third-order valence-corrected chi connectivity index (χ3v) is 3.60. The van der Waals surface area contributed by atoms with Crippen molar-refractivity contribution in [3.05, 3.63) is 29.8 Å². The number of ether oxygens (including phenoxy) is 1. The van der Waals surface area contributed by atoms with E-state index in [1.807, 2.05) is 0 Å². The standard InChI is InChI=1S/C15H23NO/c1-2-14-5-3-4-6-15(14)17-12-9-13-7-10-16-11-8-13/h3-6,13,16H,2,7-12H2,1H3. The third kappa shape index (κ3) is 3.74. The Hall–Kier alpha value is -1.02. The van der Waals surface area contributed by atoms with Crippen molar-refractivity contribution < 1.29 is 4.74 Å². The zero-order valence-corrected chi connectivity index (χ0v) is 10.7. The summed E-state index contributed by atoms with van der Waals surface area (Å²) in [6.07, 6.45) is 4.85. The Bertz CT molecular complexity index is 331. The van der Waals surface area contributed by atoms with Gasteiger partial charge in [-0.2, -0.15) is 0 Å². The van der Waals surface area contributed by atoms with E-state index in [0.29, 0.717) is 0 Å². The van der Waals surface area contributed by atoms with Crippen LogP contribution in [0.1, 0.15) is 31.7 Å². The predicted octanol–water partition coefficient (Wildman–Crippen LogP) is 3.02. The van der Waals surface area contributed by atoms with Gasteiger partial charge in [-0.05, 0) is 56.3 Å². The highest BCUT2D eigenvalue weighted by atomic mass is 16.5. The number of benzene rings is 1. The molecule has 1 N–H and O–H groups in total. The molecular formula is C15H23NO. The van der Waals surface area contributed by atoms with E-state index in [9.17, 15) is 0 Å². The highest BCUT2D eigenvalue weighted by Gasteiger charge is 2.12. The van der Waals surface area contributed by atoms with Crippen LogP contribution < -0.4 is 10.1 Å². The molecule has 0 atom stereocenters. The van der Waals surface area contributed by atoms with Gasteiger partial charge in [0.2, 0.25) is 0 Å². The lowest BCUT2D eigenvalue weighted by molar-refractivity contribution is 0.250. The molecule has 0 unspecified atom stereocenters. The van der Waals surface area contributed by atoms with Gasteiger partial charge in [0.1, 0.15) is 5.75 Å². The molecule has 1 aromatic carbocycles. The Labute approximate surface area is 104 Å². The van der Waals surface area contributed by atoms with Gasteiger partial charge in [-0.25, -0.2) is 0 Å². The fourth-order valence-corrected chi connectivity index (χ4v) is 2.44. The van der Waals surface area contributed by atoms with Crippen molar-refractivity contribution in [2.45, 2.75) is 32.6 Å². The van der Waals surface area contributed by atoms with E-state index in [1.165, 1.54) is 37.9 Å². The number of rotatable bonds is 5. The second kappa shape index (κ2) is 6.65. The number of hydrogen-bond donors (Lipinski definition) is 1. The minimum absolute atomic E-state index is 0.852. The van der Waals surface area contributed by atoms with Crippen molar-refractivity contribution in [1.29, 1.82) is 0 Å². The molecule has 1 saturated heterocycles. The molecule has 0 aromatic heterocycles. The first-order valence-electron chi connectivity index (χ1n) is 6.81. The lowest BCUT2D eigenvalue weighted by Crippen LogP contribution is -2.28. The molecule has 2 nitrogen and oxygen atoms in total. The fraction of sp³-hybridized carbons (Fsp3) is 0.600. The Kier molecular flexibility index (Phi) is 4.87. The molecule has 1 aromatic rings. The van der Waals surface area contributed by atoms with Crippen molar-refractivity contribution in [2.24, 2.45) is 5.92 Å². The molecule has 0 spiro atoms. The molecule has 0 amide bonds. The second-order valence-corrected chi connectivity index (χ2v) is 4.79.